The number of ether oxygens (including phenoxy) is 1. The van der Waals surface area contributed by atoms with Crippen LogP contribution in [0.3, 0.4) is 0 Å². The van der Waals surface area contributed by atoms with Crippen LogP contribution in [0.5, 0.6) is 5.75 Å². The lowest BCUT2D eigenvalue weighted by atomic mass is 10.2. The number of thiazole rings is 1. The van der Waals surface area contributed by atoms with Crippen LogP contribution in [0.2, 0.25) is 5.02 Å². The molecule has 0 aliphatic rings. The van der Waals surface area contributed by atoms with Crippen molar-refractivity contribution in [1.82, 2.24) is 4.57 Å². The molecule has 1 heterocycles. The smallest absolute Gasteiger partial charge is 0.279 e. The van der Waals surface area contributed by atoms with Gasteiger partial charge in [0.15, 0.2) is 4.80 Å². The number of rotatable bonds is 4. The van der Waals surface area contributed by atoms with Gasteiger partial charge in [0, 0.05) is 17.1 Å². The lowest BCUT2D eigenvalue weighted by Gasteiger charge is -2.03. The molecule has 2 aromatic carbocycles. The summed E-state index contributed by atoms with van der Waals surface area (Å²) >= 11 is 7.44. The zero-order chi connectivity index (χ0) is 17.1. The lowest BCUT2D eigenvalue weighted by Crippen LogP contribution is -2.16. The first kappa shape index (κ1) is 16.7. The Bertz CT molecular complexity index is 959. The van der Waals surface area contributed by atoms with Crippen LogP contribution in [0.1, 0.15) is 23.7 Å². The molecule has 0 bridgehead atoms. The van der Waals surface area contributed by atoms with Crippen molar-refractivity contribution in [3.63, 3.8) is 0 Å². The van der Waals surface area contributed by atoms with Gasteiger partial charge in [-0.25, -0.2) is 0 Å². The number of hydrogen-bond acceptors (Lipinski definition) is 3. The Morgan fingerprint density at radius 2 is 2.12 bits per heavy atom. The largest absolute Gasteiger partial charge is 0.497 e. The molecular formula is C18H17ClN2O2S. The summed E-state index contributed by atoms with van der Waals surface area (Å²) in [4.78, 5) is 17.5. The van der Waals surface area contributed by atoms with Gasteiger partial charge in [0.1, 0.15) is 5.75 Å². The minimum Gasteiger partial charge on any atom is -0.497 e. The lowest BCUT2D eigenvalue weighted by molar-refractivity contribution is 0.0998. The number of nitrogens with zero attached hydrogens (tertiary/aromatic N) is 2. The second-order valence-electron chi connectivity index (χ2n) is 5.30. The third-order valence-electron chi connectivity index (χ3n) is 3.61. The van der Waals surface area contributed by atoms with Crippen molar-refractivity contribution in [2.24, 2.45) is 4.99 Å². The Hall–Kier alpha value is -2.11. The molecule has 1 amide bonds. The Morgan fingerprint density at radius 1 is 1.29 bits per heavy atom. The Labute approximate surface area is 149 Å². The third-order valence-corrected chi connectivity index (χ3v) is 4.88. The van der Waals surface area contributed by atoms with Crippen LogP contribution in [0.25, 0.3) is 10.2 Å². The second-order valence-corrected chi connectivity index (χ2v) is 6.74. The first-order chi connectivity index (χ1) is 11.6. The van der Waals surface area contributed by atoms with Crippen molar-refractivity contribution >= 4 is 39.1 Å². The maximum atomic E-state index is 12.5. The summed E-state index contributed by atoms with van der Waals surface area (Å²) in [6, 6.07) is 12.7. The second kappa shape index (κ2) is 7.20. The highest BCUT2D eigenvalue weighted by atomic mass is 35.5. The summed E-state index contributed by atoms with van der Waals surface area (Å²) in [5.41, 5.74) is 1.54. The summed E-state index contributed by atoms with van der Waals surface area (Å²) in [6.07, 6.45) is 0.955. The molecule has 0 fully saturated rings. The molecule has 0 saturated heterocycles. The van der Waals surface area contributed by atoms with E-state index in [0.717, 1.165) is 28.9 Å². The van der Waals surface area contributed by atoms with E-state index in [9.17, 15) is 4.79 Å². The molecule has 6 heteroatoms. The number of methoxy groups -OCH3 is 1. The normalized spacial score (nSPS) is 11.9. The topological polar surface area (TPSA) is 43.6 Å². The van der Waals surface area contributed by atoms with E-state index in [1.54, 1.807) is 31.4 Å². The average Bonchev–Trinajstić information content (AvgIpc) is 2.91. The average molecular weight is 361 g/mol. The molecule has 0 aliphatic heterocycles. The quantitative estimate of drug-likeness (QED) is 0.686. The van der Waals surface area contributed by atoms with E-state index in [1.165, 1.54) is 11.3 Å². The number of hydrogen-bond donors (Lipinski definition) is 0. The van der Waals surface area contributed by atoms with Crippen LogP contribution in [0, 0.1) is 0 Å². The summed E-state index contributed by atoms with van der Waals surface area (Å²) in [7, 11) is 1.64. The van der Waals surface area contributed by atoms with Gasteiger partial charge in [0.2, 0.25) is 0 Å². The van der Waals surface area contributed by atoms with E-state index in [0.29, 0.717) is 15.4 Å². The summed E-state index contributed by atoms with van der Waals surface area (Å²) < 4.78 is 8.39. The number of carbonyl (C=O) groups is 1. The van der Waals surface area contributed by atoms with Crippen LogP contribution in [0.15, 0.2) is 47.5 Å². The van der Waals surface area contributed by atoms with Crippen molar-refractivity contribution < 1.29 is 9.53 Å². The fraction of sp³-hybridized carbons (Fsp3) is 0.222. The van der Waals surface area contributed by atoms with Crippen LogP contribution >= 0.6 is 22.9 Å². The van der Waals surface area contributed by atoms with Gasteiger partial charge in [-0.1, -0.05) is 35.9 Å². The minimum absolute atomic E-state index is 0.291. The van der Waals surface area contributed by atoms with E-state index < -0.39 is 0 Å². The molecule has 3 rings (SSSR count). The molecule has 3 aromatic rings. The van der Waals surface area contributed by atoms with Crippen LogP contribution in [-0.2, 0) is 6.54 Å². The molecule has 24 heavy (non-hydrogen) atoms. The molecule has 0 spiro atoms. The number of aryl methyl sites for hydroxylation is 1. The highest BCUT2D eigenvalue weighted by molar-refractivity contribution is 7.16. The first-order valence-corrected chi connectivity index (χ1v) is 8.84. The number of carbonyl (C=O) groups excluding carboxylic acids is 1. The monoisotopic (exact) mass is 360 g/mol. The SMILES string of the molecule is CCCn1c(=NC(=O)c2cccc(Cl)c2)sc2cc(OC)ccc21. The molecule has 0 aliphatic carbocycles. The molecule has 124 valence electrons. The van der Waals surface area contributed by atoms with E-state index in [4.69, 9.17) is 16.3 Å². The van der Waals surface area contributed by atoms with E-state index >= 15 is 0 Å². The number of amides is 1. The van der Waals surface area contributed by atoms with Crippen LogP contribution in [0.4, 0.5) is 0 Å². The fourth-order valence-electron chi connectivity index (χ4n) is 2.48. The number of aromatic nitrogens is 1. The number of benzene rings is 2. The molecule has 0 unspecified atom stereocenters. The van der Waals surface area contributed by atoms with Crippen molar-refractivity contribution in [1.29, 1.82) is 0 Å². The van der Waals surface area contributed by atoms with Gasteiger partial charge in [-0.2, -0.15) is 4.99 Å². The van der Waals surface area contributed by atoms with Crippen molar-refractivity contribution in [3.05, 3.63) is 57.9 Å². The Morgan fingerprint density at radius 3 is 2.83 bits per heavy atom. The first-order valence-electron chi connectivity index (χ1n) is 7.64. The third kappa shape index (κ3) is 3.37. The van der Waals surface area contributed by atoms with Crippen LogP contribution in [-0.4, -0.2) is 17.6 Å². The van der Waals surface area contributed by atoms with E-state index in [-0.39, 0.29) is 5.91 Å². The predicted octanol–water partition coefficient (Wildman–Crippen LogP) is 4.52. The Kier molecular flexibility index (Phi) is 5.02. The molecule has 1 aromatic heterocycles. The van der Waals surface area contributed by atoms with E-state index in [2.05, 4.69) is 16.5 Å². The summed E-state index contributed by atoms with van der Waals surface area (Å²) in [5.74, 6) is 0.501. The molecule has 4 nitrogen and oxygen atoms in total. The zero-order valence-electron chi connectivity index (χ0n) is 13.5. The zero-order valence-corrected chi connectivity index (χ0v) is 15.0. The maximum absolute atomic E-state index is 12.5. The van der Waals surface area contributed by atoms with Crippen LogP contribution < -0.4 is 9.54 Å². The van der Waals surface area contributed by atoms with Gasteiger partial charge in [0.05, 0.1) is 17.3 Å². The van der Waals surface area contributed by atoms with Gasteiger partial charge in [-0.3, -0.25) is 4.79 Å². The molecule has 0 N–H and O–H groups in total. The van der Waals surface area contributed by atoms with Gasteiger partial charge < -0.3 is 9.30 Å². The van der Waals surface area contributed by atoms with Gasteiger partial charge in [0.25, 0.3) is 5.91 Å². The maximum Gasteiger partial charge on any atom is 0.279 e. The standard InChI is InChI=1S/C18H17ClN2O2S/c1-3-9-21-15-8-7-14(23-2)11-16(15)24-18(21)20-17(22)12-5-4-6-13(19)10-12/h4-8,10-11H,3,9H2,1-2H3. The van der Waals surface area contributed by atoms with Gasteiger partial charge in [-0.05, 0) is 42.8 Å². The Balaban J connectivity index is 2.13. The van der Waals surface area contributed by atoms with Gasteiger partial charge in [-0.15, -0.1) is 0 Å². The minimum atomic E-state index is -0.291. The van der Waals surface area contributed by atoms with Crippen molar-refractivity contribution in [3.8, 4) is 5.75 Å². The van der Waals surface area contributed by atoms with Crippen molar-refractivity contribution in [2.75, 3.05) is 7.11 Å². The molecule has 0 atom stereocenters. The fourth-order valence-corrected chi connectivity index (χ4v) is 3.75. The number of halogens is 1. The molecule has 0 saturated carbocycles. The molecular weight excluding hydrogens is 344 g/mol. The van der Waals surface area contributed by atoms with Crippen molar-refractivity contribution in [2.45, 2.75) is 19.9 Å². The highest BCUT2D eigenvalue weighted by Gasteiger charge is 2.10. The number of fused-ring (bicyclic) bond motifs is 1. The predicted molar refractivity (Wildman–Crippen MR) is 98.0 cm³/mol. The molecule has 0 radical (unpaired) electrons. The summed E-state index contributed by atoms with van der Waals surface area (Å²) in [5, 5.41) is 0.526. The summed E-state index contributed by atoms with van der Waals surface area (Å²) in [6.45, 7) is 2.90. The van der Waals surface area contributed by atoms with Gasteiger partial charge >= 0.3 is 0 Å². The highest BCUT2D eigenvalue weighted by Crippen LogP contribution is 2.23. The van der Waals surface area contributed by atoms with E-state index in [1.807, 2.05) is 18.2 Å².